The quantitative estimate of drug-likeness (QED) is 0.0862. The molecule has 0 heterocycles. The first-order valence-corrected chi connectivity index (χ1v) is 19.3. The molecule has 0 unspecified atom stereocenters. The van der Waals surface area contributed by atoms with E-state index < -0.39 is 77.3 Å². The molecule has 18 heteroatoms. The molecular formula is C41H60F3N7O8. The Labute approximate surface area is 343 Å². The Kier molecular flexibility index (Phi) is 21.9. The molecule has 0 aliphatic heterocycles. The third kappa shape index (κ3) is 20.6. The molecule has 9 N–H and O–H groups in total. The zero-order chi connectivity index (χ0) is 44.9. The number of rotatable bonds is 21. The first kappa shape index (κ1) is 51.5. The van der Waals surface area contributed by atoms with Gasteiger partial charge in [-0.05, 0) is 61.7 Å². The molecule has 0 spiro atoms. The van der Waals surface area contributed by atoms with E-state index in [4.69, 9.17) is 15.6 Å². The minimum atomic E-state index is -5.08. The van der Waals surface area contributed by atoms with E-state index in [0.29, 0.717) is 12.8 Å². The number of unbranched alkanes of at least 4 members (excludes halogenated alkanes) is 1. The molecule has 0 radical (unpaired) electrons. The minimum Gasteiger partial charge on any atom is -0.475 e. The molecule has 15 nitrogen and oxygen atoms in total. The van der Waals surface area contributed by atoms with Gasteiger partial charge in [-0.25, -0.2) is 4.79 Å². The molecule has 0 bridgehead atoms. The zero-order valence-electron chi connectivity index (χ0n) is 34.7. The van der Waals surface area contributed by atoms with Gasteiger partial charge in [0.2, 0.25) is 35.4 Å². The summed E-state index contributed by atoms with van der Waals surface area (Å²) in [4.78, 5) is 88.4. The fraction of sp³-hybridized carbons (Fsp3) is 0.537. The summed E-state index contributed by atoms with van der Waals surface area (Å²) in [6, 6.07) is 13.1. The van der Waals surface area contributed by atoms with Gasteiger partial charge in [0.25, 0.3) is 0 Å². The third-order valence-corrected chi connectivity index (χ3v) is 8.72. The van der Waals surface area contributed by atoms with Gasteiger partial charge in [0.1, 0.15) is 30.2 Å². The second-order valence-electron chi connectivity index (χ2n) is 15.6. The highest BCUT2D eigenvalue weighted by molar-refractivity contribution is 5.96. The number of hydrogen-bond acceptors (Lipinski definition) is 8. The van der Waals surface area contributed by atoms with Crippen LogP contribution in [0.1, 0.15) is 78.4 Å². The van der Waals surface area contributed by atoms with Gasteiger partial charge in [0.15, 0.2) is 0 Å². The fourth-order valence-corrected chi connectivity index (χ4v) is 5.72. The van der Waals surface area contributed by atoms with E-state index in [1.165, 1.54) is 6.92 Å². The highest BCUT2D eigenvalue weighted by atomic mass is 19.4. The van der Waals surface area contributed by atoms with Crippen molar-refractivity contribution in [2.24, 2.45) is 17.1 Å². The lowest BCUT2D eigenvalue weighted by atomic mass is 9.85. The maximum Gasteiger partial charge on any atom is 0.490 e. The average Bonchev–Trinajstić information content (AvgIpc) is 3.13. The van der Waals surface area contributed by atoms with E-state index in [9.17, 15) is 41.9 Å². The number of hydrogen-bond donors (Lipinski definition) is 8. The molecule has 59 heavy (non-hydrogen) atoms. The second-order valence-corrected chi connectivity index (χ2v) is 15.6. The number of aliphatic carboxylic acids is 1. The van der Waals surface area contributed by atoms with E-state index in [-0.39, 0.29) is 31.1 Å². The van der Waals surface area contributed by atoms with Crippen LogP contribution in [0.2, 0.25) is 0 Å². The molecule has 2 aromatic carbocycles. The van der Waals surface area contributed by atoms with Gasteiger partial charge in [-0.2, -0.15) is 13.2 Å². The monoisotopic (exact) mass is 835 g/mol. The molecule has 5 atom stereocenters. The molecule has 0 aromatic heterocycles. The van der Waals surface area contributed by atoms with Crippen LogP contribution in [-0.4, -0.2) is 96.5 Å². The maximum absolute atomic E-state index is 14.1. The van der Waals surface area contributed by atoms with Crippen molar-refractivity contribution in [1.82, 2.24) is 31.9 Å². The van der Waals surface area contributed by atoms with Crippen molar-refractivity contribution < 1.29 is 51.8 Å². The molecule has 0 saturated heterocycles. The summed E-state index contributed by atoms with van der Waals surface area (Å²) >= 11 is 0. The van der Waals surface area contributed by atoms with E-state index >= 15 is 0 Å². The van der Waals surface area contributed by atoms with Crippen LogP contribution < -0.4 is 37.6 Å². The topological polar surface area (TPSA) is 238 Å². The first-order chi connectivity index (χ1) is 27.5. The summed E-state index contributed by atoms with van der Waals surface area (Å²) in [6.45, 7) is 11.3. The van der Waals surface area contributed by atoms with Crippen LogP contribution in [0.3, 0.4) is 0 Å². The van der Waals surface area contributed by atoms with Crippen molar-refractivity contribution in [2.75, 3.05) is 13.6 Å². The highest BCUT2D eigenvalue weighted by Crippen LogP contribution is 2.21. The van der Waals surface area contributed by atoms with Gasteiger partial charge in [0, 0.05) is 19.8 Å². The van der Waals surface area contributed by atoms with Crippen LogP contribution in [0.15, 0.2) is 60.7 Å². The van der Waals surface area contributed by atoms with E-state index in [0.717, 1.165) is 24.1 Å². The van der Waals surface area contributed by atoms with Crippen LogP contribution >= 0.6 is 0 Å². The van der Waals surface area contributed by atoms with Crippen molar-refractivity contribution in [3.8, 4) is 0 Å². The molecule has 0 aliphatic carbocycles. The summed E-state index contributed by atoms with van der Waals surface area (Å²) < 4.78 is 31.7. The average molecular weight is 836 g/mol. The summed E-state index contributed by atoms with van der Waals surface area (Å²) in [5, 5.41) is 24.1. The number of nitrogens with two attached hydrogens (primary N) is 1. The first-order valence-electron chi connectivity index (χ1n) is 19.3. The summed E-state index contributed by atoms with van der Waals surface area (Å²) in [7, 11) is 1.84. The predicted octanol–water partition coefficient (Wildman–Crippen LogP) is 2.52. The number of benzene rings is 2. The second kappa shape index (κ2) is 25.1. The molecule has 0 saturated carbocycles. The van der Waals surface area contributed by atoms with Gasteiger partial charge in [0.05, 0.1) is 0 Å². The smallest absolute Gasteiger partial charge is 0.475 e. The number of carbonyl (C=O) groups is 7. The molecular weight excluding hydrogens is 775 g/mol. The van der Waals surface area contributed by atoms with E-state index in [1.54, 1.807) is 20.8 Å². The summed E-state index contributed by atoms with van der Waals surface area (Å²) in [6.07, 6.45) is -2.67. The molecule has 0 fully saturated rings. The van der Waals surface area contributed by atoms with Crippen LogP contribution in [-0.2, 0) is 46.4 Å². The number of carbonyl (C=O) groups excluding carboxylic acids is 6. The van der Waals surface area contributed by atoms with Crippen LogP contribution in [0.4, 0.5) is 13.2 Å². The van der Waals surface area contributed by atoms with Gasteiger partial charge in [-0.3, -0.25) is 28.8 Å². The van der Waals surface area contributed by atoms with Crippen molar-refractivity contribution in [2.45, 2.75) is 116 Å². The predicted molar refractivity (Wildman–Crippen MR) is 215 cm³/mol. The Morgan fingerprint density at radius 2 is 1.10 bits per heavy atom. The van der Waals surface area contributed by atoms with Crippen molar-refractivity contribution >= 4 is 41.4 Å². The van der Waals surface area contributed by atoms with E-state index in [1.807, 2.05) is 81.6 Å². The number of carboxylic acid groups (broad SMARTS) is 1. The molecule has 2 rings (SSSR count). The van der Waals surface area contributed by atoms with Crippen LogP contribution in [0, 0.1) is 11.3 Å². The maximum atomic E-state index is 14.1. The Bertz CT molecular complexity index is 1670. The van der Waals surface area contributed by atoms with Crippen molar-refractivity contribution in [1.29, 1.82) is 0 Å². The molecule has 2 aromatic rings. The number of halogens is 3. The standard InChI is InChI=1S/C39H59N7O6.C2HF3O2/c1-25(2)22-31(44-35(49)29(42-26(3)47)20-14-15-21-41-7)37(51)46-33(39(4,5)6)38(52)45-32(24-28-18-12-9-13-19-28)36(50)43-30(34(40)48)23-27-16-10-8-11-17-27;3-2(4,5)1(6)7/h8-13,16-19,25,29-33,41H,14-15,20-24H2,1-7H3,(H2,40,48)(H,42,47)(H,43,50)(H,44,49)(H,45,52)(H,46,51);(H,6,7)/t29-,30-,31-,32-,33+;/m0./s1. The Balaban J connectivity index is 0.00000227. The van der Waals surface area contributed by atoms with Gasteiger partial charge in [-0.15, -0.1) is 0 Å². The summed E-state index contributed by atoms with van der Waals surface area (Å²) in [5.41, 5.74) is 6.42. The minimum absolute atomic E-state index is 0.000782. The molecule has 0 aliphatic rings. The van der Waals surface area contributed by atoms with E-state index in [2.05, 4.69) is 31.9 Å². The number of amides is 6. The van der Waals surface area contributed by atoms with Gasteiger partial charge < -0.3 is 42.7 Å². The third-order valence-electron chi connectivity index (χ3n) is 8.72. The van der Waals surface area contributed by atoms with Gasteiger partial charge >= 0.3 is 12.1 Å². The lowest BCUT2D eigenvalue weighted by Crippen LogP contribution is -2.62. The van der Waals surface area contributed by atoms with Crippen molar-refractivity contribution in [3.05, 3.63) is 71.8 Å². The fourth-order valence-electron chi connectivity index (χ4n) is 5.72. The molecule has 6 amide bonds. The van der Waals surface area contributed by atoms with Crippen molar-refractivity contribution in [3.63, 3.8) is 0 Å². The van der Waals surface area contributed by atoms with Crippen LogP contribution in [0.5, 0.6) is 0 Å². The largest absolute Gasteiger partial charge is 0.490 e. The number of alkyl halides is 3. The zero-order valence-corrected chi connectivity index (χ0v) is 34.7. The Morgan fingerprint density at radius 1 is 0.661 bits per heavy atom. The number of primary amides is 1. The summed E-state index contributed by atoms with van der Waals surface area (Å²) in [5.74, 6) is -6.14. The lowest BCUT2D eigenvalue weighted by molar-refractivity contribution is -0.192. The normalized spacial score (nSPS) is 13.9. The Hall–Kier alpha value is -5.52. The lowest BCUT2D eigenvalue weighted by Gasteiger charge is -2.33. The van der Waals surface area contributed by atoms with Crippen LogP contribution in [0.25, 0.3) is 0 Å². The SMILES string of the molecule is CNCCCC[C@H](NC(C)=O)C(=O)N[C@@H](CC(C)C)C(=O)N[C@H](C(=O)N[C@@H](Cc1ccccc1)C(=O)N[C@@H](Cc1ccccc1)C(N)=O)C(C)(C)C.O=C(O)C(F)(F)F. The molecule has 328 valence electrons. The number of carboxylic acids is 1. The Morgan fingerprint density at radius 3 is 1.53 bits per heavy atom. The number of nitrogens with one attached hydrogen (secondary N) is 6. The van der Waals surface area contributed by atoms with Gasteiger partial charge in [-0.1, -0.05) is 95.3 Å². The highest BCUT2D eigenvalue weighted by Gasteiger charge is 2.39.